The molecule has 2 aliphatic heterocycles. The second-order valence-corrected chi connectivity index (χ2v) is 9.75. The van der Waals surface area contributed by atoms with Crippen LogP contribution in [0.15, 0.2) is 42.5 Å². The topological polar surface area (TPSA) is 159 Å². The van der Waals surface area contributed by atoms with Crippen LogP contribution in [0.5, 0.6) is 11.5 Å². The smallest absolute Gasteiger partial charge is 0.273 e. The number of nitrogens with two attached hydrogens (primary N) is 2. The maximum Gasteiger partial charge on any atom is 0.273 e. The fourth-order valence-electron chi connectivity index (χ4n) is 4.48. The molecule has 0 aliphatic carbocycles. The van der Waals surface area contributed by atoms with E-state index in [4.69, 9.17) is 25.7 Å². The highest BCUT2D eigenvalue weighted by molar-refractivity contribution is 7.09. The lowest BCUT2D eigenvalue weighted by atomic mass is 10.0. The Morgan fingerprint density at radius 1 is 1.10 bits per heavy atom. The Morgan fingerprint density at radius 2 is 1.85 bits per heavy atom. The van der Waals surface area contributed by atoms with Crippen LogP contribution in [0.2, 0.25) is 0 Å². The van der Waals surface area contributed by atoms with Gasteiger partial charge in [0.25, 0.3) is 11.8 Å². The Morgan fingerprint density at radius 3 is 2.51 bits per heavy atom. The van der Waals surface area contributed by atoms with E-state index in [0.717, 1.165) is 12.8 Å². The van der Waals surface area contributed by atoms with E-state index in [1.165, 1.54) is 29.2 Å². The Hall–Kier alpha value is -4.23. The molecule has 13 heteroatoms. The lowest BCUT2D eigenvalue weighted by Crippen LogP contribution is -2.45. The van der Waals surface area contributed by atoms with Gasteiger partial charge in [-0.05, 0) is 54.2 Å². The summed E-state index contributed by atoms with van der Waals surface area (Å²) in [5, 5.41) is 2.87. The third-order valence-corrected chi connectivity index (χ3v) is 7.25. The Kier molecular flexibility index (Phi) is 7.61. The van der Waals surface area contributed by atoms with Gasteiger partial charge in [0, 0.05) is 24.9 Å². The zero-order valence-corrected chi connectivity index (χ0v) is 21.5. The van der Waals surface area contributed by atoms with Gasteiger partial charge in [-0.15, -0.1) is 0 Å². The number of hydrogen-bond acceptors (Lipinski definition) is 9. The van der Waals surface area contributed by atoms with Gasteiger partial charge in [0.1, 0.15) is 29.9 Å². The number of halogens is 1. The van der Waals surface area contributed by atoms with Crippen molar-refractivity contribution >= 4 is 40.6 Å². The van der Waals surface area contributed by atoms with Crippen LogP contribution in [0.3, 0.4) is 0 Å². The second kappa shape index (κ2) is 11.3. The predicted octanol–water partition coefficient (Wildman–Crippen LogP) is 2.42. The molecule has 0 bridgehead atoms. The zero-order valence-electron chi connectivity index (χ0n) is 20.7. The monoisotopic (exact) mass is 555 g/mol. The number of nitrogens with zero attached hydrogens (tertiary/aromatic N) is 2. The van der Waals surface area contributed by atoms with Crippen LogP contribution in [0.1, 0.15) is 44.6 Å². The number of aromatic nitrogens is 1. The van der Waals surface area contributed by atoms with Gasteiger partial charge in [-0.2, -0.15) is 4.37 Å². The summed E-state index contributed by atoms with van der Waals surface area (Å²) in [6.07, 6.45) is 1.52. The molecule has 39 heavy (non-hydrogen) atoms. The van der Waals surface area contributed by atoms with Gasteiger partial charge in [0.2, 0.25) is 5.91 Å². The Labute approximate surface area is 227 Å². The van der Waals surface area contributed by atoms with Gasteiger partial charge in [0.15, 0.2) is 17.2 Å². The van der Waals surface area contributed by atoms with Crippen LogP contribution in [-0.4, -0.2) is 54.6 Å². The molecule has 204 valence electrons. The molecule has 1 saturated heterocycles. The molecular weight excluding hydrogens is 529 g/mol. The largest absolute Gasteiger partial charge is 0.486 e. The van der Waals surface area contributed by atoms with Crippen LogP contribution >= 0.6 is 11.5 Å². The van der Waals surface area contributed by atoms with Crippen molar-refractivity contribution in [2.75, 3.05) is 37.0 Å². The van der Waals surface area contributed by atoms with E-state index < -0.39 is 29.6 Å². The van der Waals surface area contributed by atoms with Crippen LogP contribution in [0, 0.1) is 5.82 Å². The summed E-state index contributed by atoms with van der Waals surface area (Å²) in [4.78, 5) is 40.8. The number of anilines is 2. The van der Waals surface area contributed by atoms with E-state index in [2.05, 4.69) is 9.69 Å². The van der Waals surface area contributed by atoms with Crippen molar-refractivity contribution in [1.29, 1.82) is 0 Å². The number of nitrogens with one attached hydrogen (secondary N) is 1. The highest BCUT2D eigenvalue weighted by atomic mass is 32.1. The van der Waals surface area contributed by atoms with Crippen LogP contribution < -0.4 is 31.2 Å². The van der Waals surface area contributed by atoms with E-state index in [1.807, 2.05) is 0 Å². The first kappa shape index (κ1) is 26.4. The number of carbonyl (C=O) groups is 3. The number of fused-ring (bicyclic) bond motifs is 1. The fraction of sp³-hybridized carbons (Fsp3) is 0.308. The van der Waals surface area contributed by atoms with Crippen molar-refractivity contribution in [2.24, 2.45) is 5.73 Å². The van der Waals surface area contributed by atoms with E-state index in [0.29, 0.717) is 48.4 Å². The predicted molar refractivity (Wildman–Crippen MR) is 140 cm³/mol. The quantitative estimate of drug-likeness (QED) is 0.382. The summed E-state index contributed by atoms with van der Waals surface area (Å²) in [6.45, 7) is 1.51. The lowest BCUT2D eigenvalue weighted by molar-refractivity contribution is -0.123. The summed E-state index contributed by atoms with van der Waals surface area (Å²) >= 11 is 0.690. The molecule has 2 atom stereocenters. The number of primary amides is 1. The third-order valence-electron chi connectivity index (χ3n) is 6.40. The SMILES string of the molecule is NC(=O)c1nsc(C(=O)N(c2ccc3c(c2)OCCO3)[C@@H](C(=O)NC[C@@H]2CCCO2)c2ccc(F)cc2)c1N. The van der Waals surface area contributed by atoms with Crippen molar-refractivity contribution < 1.29 is 33.0 Å². The summed E-state index contributed by atoms with van der Waals surface area (Å²) < 4.78 is 34.8. The van der Waals surface area contributed by atoms with Crippen LogP contribution in [0.4, 0.5) is 15.8 Å². The number of nitrogen functional groups attached to an aromatic ring is 1. The van der Waals surface area contributed by atoms with Gasteiger partial charge >= 0.3 is 0 Å². The maximum atomic E-state index is 14.1. The van der Waals surface area contributed by atoms with E-state index in [1.54, 1.807) is 18.2 Å². The highest BCUT2D eigenvalue weighted by Gasteiger charge is 2.37. The fourth-order valence-corrected chi connectivity index (χ4v) is 5.23. The number of hydrogen-bond donors (Lipinski definition) is 3. The second-order valence-electron chi connectivity index (χ2n) is 8.98. The molecule has 2 aromatic carbocycles. The molecule has 3 amide bonds. The van der Waals surface area contributed by atoms with Crippen molar-refractivity contribution in [2.45, 2.75) is 25.0 Å². The van der Waals surface area contributed by atoms with Crippen molar-refractivity contribution in [3.63, 3.8) is 0 Å². The number of carbonyl (C=O) groups excluding carboxylic acids is 3. The summed E-state index contributed by atoms with van der Waals surface area (Å²) in [5.41, 5.74) is 11.6. The molecule has 0 unspecified atom stereocenters. The molecule has 5 rings (SSSR count). The van der Waals surface area contributed by atoms with Gasteiger partial charge in [-0.3, -0.25) is 19.3 Å². The van der Waals surface area contributed by atoms with Crippen molar-refractivity contribution in [1.82, 2.24) is 9.69 Å². The average Bonchev–Trinajstić information content (AvgIpc) is 3.60. The minimum absolute atomic E-state index is 0.0854. The molecule has 5 N–H and O–H groups in total. The lowest BCUT2D eigenvalue weighted by Gasteiger charge is -2.32. The number of ether oxygens (including phenoxy) is 3. The van der Waals surface area contributed by atoms with Crippen LogP contribution in [0.25, 0.3) is 0 Å². The summed E-state index contributed by atoms with van der Waals surface area (Å²) in [5.74, 6) is -1.78. The summed E-state index contributed by atoms with van der Waals surface area (Å²) in [7, 11) is 0. The molecule has 1 aromatic heterocycles. The molecule has 11 nitrogen and oxygen atoms in total. The average molecular weight is 556 g/mol. The third kappa shape index (κ3) is 5.49. The van der Waals surface area contributed by atoms with Crippen molar-refractivity contribution in [3.8, 4) is 11.5 Å². The first-order valence-corrected chi connectivity index (χ1v) is 13.0. The minimum Gasteiger partial charge on any atom is -0.486 e. The molecule has 0 saturated carbocycles. The zero-order chi connectivity index (χ0) is 27.5. The molecular formula is C26H26FN5O6S. The molecule has 0 spiro atoms. The number of benzene rings is 2. The number of rotatable bonds is 8. The molecule has 2 aliphatic rings. The molecule has 3 heterocycles. The summed E-state index contributed by atoms with van der Waals surface area (Å²) in [6, 6.07) is 8.79. The molecule has 1 fully saturated rings. The van der Waals surface area contributed by atoms with Gasteiger partial charge in [-0.25, -0.2) is 4.39 Å². The standard InChI is InChI=1S/C26H26FN5O6S/c27-15-5-3-14(4-6-15)22(25(34)30-13-17-2-1-9-36-17)32(16-7-8-18-19(12-16)38-11-10-37-18)26(35)23-20(28)21(24(29)33)31-39-23/h3-8,12,17,22H,1-2,9-11,13,28H2,(H2,29,33)(H,30,34)/t17-,22+/m0/s1. The van der Waals surface area contributed by atoms with E-state index in [9.17, 15) is 18.8 Å². The normalized spacial score (nSPS) is 16.9. The molecule has 0 radical (unpaired) electrons. The Balaban J connectivity index is 1.61. The minimum atomic E-state index is -1.26. The molecule has 3 aromatic rings. The van der Waals surface area contributed by atoms with Gasteiger partial charge in [0.05, 0.1) is 11.8 Å². The van der Waals surface area contributed by atoms with E-state index in [-0.39, 0.29) is 34.6 Å². The van der Waals surface area contributed by atoms with Crippen molar-refractivity contribution in [3.05, 3.63) is 64.4 Å². The van der Waals surface area contributed by atoms with Gasteiger partial charge in [-0.1, -0.05) is 12.1 Å². The first-order chi connectivity index (χ1) is 18.8. The first-order valence-electron chi connectivity index (χ1n) is 12.3. The van der Waals surface area contributed by atoms with Gasteiger partial charge < -0.3 is 31.0 Å². The maximum absolute atomic E-state index is 14.1. The highest BCUT2D eigenvalue weighted by Crippen LogP contribution is 2.39. The van der Waals surface area contributed by atoms with E-state index >= 15 is 0 Å². The number of amides is 3. The van der Waals surface area contributed by atoms with Crippen LogP contribution in [-0.2, 0) is 9.53 Å². The Bertz CT molecular complexity index is 1390.